The van der Waals surface area contributed by atoms with Crippen LogP contribution in [0, 0.1) is 12.0 Å². The van der Waals surface area contributed by atoms with E-state index in [2.05, 4.69) is 41.9 Å². The number of anilines is 3. The van der Waals surface area contributed by atoms with Gasteiger partial charge in [-0.1, -0.05) is 23.2 Å². The zero-order valence-electron chi connectivity index (χ0n) is 19.9. The number of aromatic nitrogens is 4. The minimum absolute atomic E-state index is 0.191. The summed E-state index contributed by atoms with van der Waals surface area (Å²) in [6, 6.07) is 7.44. The quantitative estimate of drug-likeness (QED) is 0.343. The van der Waals surface area contributed by atoms with Gasteiger partial charge in [-0.15, -0.1) is 0 Å². The summed E-state index contributed by atoms with van der Waals surface area (Å²) in [5, 5.41) is 7.84. The molecule has 1 saturated heterocycles. The van der Waals surface area contributed by atoms with Crippen LogP contribution < -0.4 is 21.1 Å². The number of piperazine rings is 1. The molecule has 1 aliphatic heterocycles. The van der Waals surface area contributed by atoms with E-state index in [1.165, 1.54) is 4.57 Å². The number of hydrogen-bond donors (Lipinski definition) is 2. The summed E-state index contributed by atoms with van der Waals surface area (Å²) in [5.41, 5.74) is 2.85. The lowest BCUT2D eigenvalue weighted by Crippen LogP contribution is -2.43. The molecule has 12 heteroatoms. The SMILES string of the molecule is CCOC#Cc1cc2cnc(Nc3ccc(N4CCNCC4)c(Cl)c3)nc2n(Cc2cnsc2Cl)c1=O. The third-order valence-electron chi connectivity index (χ3n) is 5.81. The molecule has 0 atom stereocenters. The summed E-state index contributed by atoms with van der Waals surface area (Å²) in [5.74, 6) is 3.12. The fourth-order valence-corrected chi connectivity index (χ4v) is 5.05. The van der Waals surface area contributed by atoms with Crippen molar-refractivity contribution < 1.29 is 4.74 Å². The van der Waals surface area contributed by atoms with Gasteiger partial charge < -0.3 is 20.3 Å². The second-order valence-electron chi connectivity index (χ2n) is 8.23. The Hall–Kier alpha value is -3.36. The van der Waals surface area contributed by atoms with E-state index in [0.717, 1.165) is 49.1 Å². The van der Waals surface area contributed by atoms with Crippen molar-refractivity contribution in [3.8, 4) is 12.0 Å². The number of benzene rings is 1. The van der Waals surface area contributed by atoms with Crippen LogP contribution in [0.15, 0.2) is 41.5 Å². The first-order chi connectivity index (χ1) is 18.0. The smallest absolute Gasteiger partial charge is 0.268 e. The van der Waals surface area contributed by atoms with Crippen molar-refractivity contribution in [3.63, 3.8) is 0 Å². The molecule has 37 heavy (non-hydrogen) atoms. The number of rotatable bonds is 6. The molecule has 0 radical (unpaired) electrons. The summed E-state index contributed by atoms with van der Waals surface area (Å²) < 4.78 is 11.3. The Morgan fingerprint density at radius 2 is 2.05 bits per heavy atom. The highest BCUT2D eigenvalue weighted by Crippen LogP contribution is 2.30. The molecule has 1 aliphatic rings. The van der Waals surface area contributed by atoms with Gasteiger partial charge in [-0.3, -0.25) is 9.36 Å². The van der Waals surface area contributed by atoms with Gasteiger partial charge in [-0.05, 0) is 48.6 Å². The maximum absolute atomic E-state index is 13.4. The molecule has 0 spiro atoms. The molecular weight excluding hydrogens is 533 g/mol. The Morgan fingerprint density at radius 3 is 2.78 bits per heavy atom. The Balaban J connectivity index is 1.50. The lowest BCUT2D eigenvalue weighted by Gasteiger charge is -2.30. The van der Waals surface area contributed by atoms with Gasteiger partial charge in [0.15, 0.2) is 0 Å². The molecule has 4 aromatic rings. The van der Waals surface area contributed by atoms with E-state index in [9.17, 15) is 4.79 Å². The molecule has 0 aliphatic carbocycles. The van der Waals surface area contributed by atoms with Gasteiger partial charge in [0.05, 0.1) is 29.4 Å². The van der Waals surface area contributed by atoms with E-state index in [0.29, 0.717) is 38.5 Å². The number of hydrogen-bond acceptors (Lipinski definition) is 9. The molecule has 0 amide bonds. The summed E-state index contributed by atoms with van der Waals surface area (Å²) in [7, 11) is 0. The van der Waals surface area contributed by atoms with Crippen LogP contribution in [0.5, 0.6) is 0 Å². The van der Waals surface area contributed by atoms with E-state index in [-0.39, 0.29) is 17.7 Å². The van der Waals surface area contributed by atoms with Crippen LogP contribution in [-0.4, -0.2) is 51.7 Å². The Bertz CT molecular complexity index is 1550. The summed E-state index contributed by atoms with van der Waals surface area (Å²) in [6.45, 7) is 6.09. The number of nitrogens with one attached hydrogen (secondary N) is 2. The van der Waals surface area contributed by atoms with E-state index in [1.807, 2.05) is 25.1 Å². The molecule has 3 aromatic heterocycles. The normalized spacial score (nSPS) is 13.3. The molecule has 4 heterocycles. The molecule has 2 N–H and O–H groups in total. The number of ether oxygens (including phenoxy) is 1. The van der Waals surface area contributed by atoms with Crippen molar-refractivity contribution in [2.75, 3.05) is 43.0 Å². The van der Waals surface area contributed by atoms with Gasteiger partial charge in [0.2, 0.25) is 5.95 Å². The van der Waals surface area contributed by atoms with Gasteiger partial charge in [-0.25, -0.2) is 4.98 Å². The molecule has 0 bridgehead atoms. The molecule has 5 rings (SSSR count). The molecule has 9 nitrogen and oxygen atoms in total. The second kappa shape index (κ2) is 11.4. The summed E-state index contributed by atoms with van der Waals surface area (Å²) in [4.78, 5) is 24.7. The molecule has 190 valence electrons. The Kier molecular flexibility index (Phi) is 7.76. The van der Waals surface area contributed by atoms with E-state index >= 15 is 0 Å². The Morgan fingerprint density at radius 1 is 1.22 bits per heavy atom. The monoisotopic (exact) mass is 555 g/mol. The van der Waals surface area contributed by atoms with Crippen molar-refractivity contribution >= 4 is 63.1 Å². The van der Waals surface area contributed by atoms with Crippen LogP contribution in [0.2, 0.25) is 9.36 Å². The maximum Gasteiger partial charge on any atom is 0.268 e. The second-order valence-corrected chi connectivity index (χ2v) is 10.0. The van der Waals surface area contributed by atoms with E-state index < -0.39 is 0 Å². The average Bonchev–Trinajstić information content (AvgIpc) is 3.31. The standard InChI is InChI=1S/C25H23Cl2N7O2S/c1-2-36-10-5-16-11-17-13-29-25(32-23(17)34(24(16)35)15-18-14-30-37-22(18)27)31-19-3-4-21(20(26)12-19)33-8-6-28-7-9-33/h3-4,11-14,28H,2,6-9,15H2,1H3,(H,29,31,32). The number of fused-ring (bicyclic) bond motifs is 1. The van der Waals surface area contributed by atoms with Crippen molar-refractivity contribution in [2.45, 2.75) is 13.5 Å². The fourth-order valence-electron chi connectivity index (χ4n) is 4.01. The van der Waals surface area contributed by atoms with E-state index in [4.69, 9.17) is 27.9 Å². The van der Waals surface area contributed by atoms with Gasteiger partial charge in [-0.2, -0.15) is 9.36 Å². The van der Waals surface area contributed by atoms with Gasteiger partial charge >= 0.3 is 0 Å². The first-order valence-corrected chi connectivity index (χ1v) is 13.2. The topological polar surface area (TPSA) is 97.2 Å². The zero-order valence-corrected chi connectivity index (χ0v) is 22.3. The highest BCUT2D eigenvalue weighted by Gasteiger charge is 2.16. The van der Waals surface area contributed by atoms with Crippen molar-refractivity contribution in [2.24, 2.45) is 0 Å². The third-order valence-corrected chi connectivity index (χ3v) is 7.20. The lowest BCUT2D eigenvalue weighted by atomic mass is 10.2. The van der Waals surface area contributed by atoms with Crippen LogP contribution in [0.4, 0.5) is 17.3 Å². The highest BCUT2D eigenvalue weighted by molar-refractivity contribution is 7.10. The largest absolute Gasteiger partial charge is 0.447 e. The predicted molar refractivity (Wildman–Crippen MR) is 148 cm³/mol. The first-order valence-electron chi connectivity index (χ1n) is 11.7. The molecule has 0 unspecified atom stereocenters. The van der Waals surface area contributed by atoms with Gasteiger partial charge in [0.25, 0.3) is 5.56 Å². The molecular formula is C25H23Cl2N7O2S. The minimum Gasteiger partial charge on any atom is -0.447 e. The first kappa shape index (κ1) is 25.3. The predicted octanol–water partition coefficient (Wildman–Crippen LogP) is 4.10. The highest BCUT2D eigenvalue weighted by atomic mass is 35.5. The lowest BCUT2D eigenvalue weighted by molar-refractivity contribution is 0.299. The number of pyridine rings is 1. The summed E-state index contributed by atoms with van der Waals surface area (Å²) in [6.07, 6.45) is 5.85. The van der Waals surface area contributed by atoms with Crippen LogP contribution in [0.3, 0.4) is 0 Å². The fraction of sp³-hybridized carbons (Fsp3) is 0.280. The van der Waals surface area contributed by atoms with Crippen LogP contribution in [0.1, 0.15) is 18.1 Å². The summed E-state index contributed by atoms with van der Waals surface area (Å²) >= 11 is 14.1. The van der Waals surface area contributed by atoms with Crippen molar-refractivity contribution in [1.82, 2.24) is 24.2 Å². The van der Waals surface area contributed by atoms with Crippen LogP contribution in [-0.2, 0) is 11.3 Å². The van der Waals surface area contributed by atoms with Crippen molar-refractivity contribution in [3.05, 3.63) is 67.5 Å². The molecule has 0 saturated carbocycles. The zero-order chi connectivity index (χ0) is 25.8. The molecule has 1 aromatic carbocycles. The number of nitrogens with zero attached hydrogens (tertiary/aromatic N) is 5. The Labute approximate surface area is 227 Å². The van der Waals surface area contributed by atoms with Crippen molar-refractivity contribution in [1.29, 1.82) is 0 Å². The van der Waals surface area contributed by atoms with Gasteiger partial charge in [0.1, 0.15) is 16.1 Å². The average molecular weight is 556 g/mol. The maximum atomic E-state index is 13.4. The third kappa shape index (κ3) is 5.65. The molecule has 1 fully saturated rings. The van der Waals surface area contributed by atoms with E-state index in [1.54, 1.807) is 18.5 Å². The van der Waals surface area contributed by atoms with Gasteiger partial charge in [0, 0.05) is 55.2 Å². The number of halogens is 2. The minimum atomic E-state index is -0.310. The van der Waals surface area contributed by atoms with Crippen LogP contribution in [0.25, 0.3) is 11.0 Å². The van der Waals surface area contributed by atoms with Crippen LogP contribution >= 0.6 is 34.7 Å².